The molecule has 0 spiro atoms. The summed E-state index contributed by atoms with van der Waals surface area (Å²) in [5.74, 6) is 0.123. The van der Waals surface area contributed by atoms with Crippen molar-refractivity contribution in [2.24, 2.45) is 0 Å². The number of carbonyl (C=O) groups is 2. The molecule has 2 aromatic rings. The van der Waals surface area contributed by atoms with Gasteiger partial charge in [-0.2, -0.15) is 0 Å². The average molecular weight is 374 g/mol. The summed E-state index contributed by atoms with van der Waals surface area (Å²) in [7, 11) is 1.50. The fourth-order valence-electron chi connectivity index (χ4n) is 2.86. The van der Waals surface area contributed by atoms with Gasteiger partial charge in [0.05, 0.1) is 12.7 Å². The van der Waals surface area contributed by atoms with Crippen molar-refractivity contribution in [1.29, 1.82) is 0 Å². The van der Waals surface area contributed by atoms with E-state index in [1.807, 2.05) is 18.2 Å². The van der Waals surface area contributed by atoms with Gasteiger partial charge in [-0.15, -0.1) is 0 Å². The van der Waals surface area contributed by atoms with Gasteiger partial charge in [-0.3, -0.25) is 9.59 Å². The summed E-state index contributed by atoms with van der Waals surface area (Å²) in [6, 6.07) is 10.9. The fraction of sp³-hybridized carbons (Fsp3) is 0.333. The molecule has 5 heteroatoms. The molecule has 0 aliphatic heterocycles. The maximum atomic E-state index is 12.5. The van der Waals surface area contributed by atoms with Crippen molar-refractivity contribution in [2.45, 2.75) is 39.5 Å². The molecule has 0 bridgehead atoms. The number of carbonyl (C=O) groups excluding carboxylic acids is 2. The van der Waals surface area contributed by atoms with E-state index in [0.717, 1.165) is 29.7 Å². The van der Waals surface area contributed by atoms with Gasteiger partial charge in [0.2, 0.25) is 5.91 Å². The molecule has 0 aliphatic rings. The second-order valence-electron chi connectivity index (χ2n) is 5.97. The normalized spacial score (nSPS) is 10.5. The molecule has 0 heterocycles. The van der Waals surface area contributed by atoms with Crippen LogP contribution in [0.25, 0.3) is 0 Å². The summed E-state index contributed by atoms with van der Waals surface area (Å²) in [6.45, 7) is 4.11. The van der Waals surface area contributed by atoms with Crippen LogP contribution < -0.4 is 10.1 Å². The van der Waals surface area contributed by atoms with Crippen LogP contribution in [0.5, 0.6) is 5.75 Å². The molecule has 1 amide bonds. The first-order valence-corrected chi connectivity index (χ1v) is 9.15. The zero-order chi connectivity index (χ0) is 19.1. The predicted octanol–water partition coefficient (Wildman–Crippen LogP) is 5.08. The van der Waals surface area contributed by atoms with Crippen LogP contribution in [0.4, 0.5) is 5.69 Å². The number of methoxy groups -OCH3 is 1. The van der Waals surface area contributed by atoms with E-state index < -0.39 is 0 Å². The van der Waals surface area contributed by atoms with Crippen molar-refractivity contribution in [2.75, 3.05) is 12.4 Å². The van der Waals surface area contributed by atoms with Crippen molar-refractivity contribution in [3.8, 4) is 5.75 Å². The first-order valence-electron chi connectivity index (χ1n) is 8.77. The second-order valence-corrected chi connectivity index (χ2v) is 6.41. The van der Waals surface area contributed by atoms with Crippen molar-refractivity contribution in [3.63, 3.8) is 0 Å². The molecule has 4 nitrogen and oxygen atoms in total. The number of amides is 1. The number of halogens is 1. The van der Waals surface area contributed by atoms with Crippen LogP contribution in [0.2, 0.25) is 5.02 Å². The molecule has 2 rings (SSSR count). The molecular formula is C21H24ClNO3. The van der Waals surface area contributed by atoms with E-state index in [0.29, 0.717) is 16.3 Å². The summed E-state index contributed by atoms with van der Waals surface area (Å²) in [6.07, 6.45) is 1.87. The molecule has 0 aliphatic carbocycles. The number of benzene rings is 2. The largest absolute Gasteiger partial charge is 0.496 e. The molecule has 0 saturated carbocycles. The lowest BCUT2D eigenvalue weighted by Gasteiger charge is -2.14. The highest BCUT2D eigenvalue weighted by Gasteiger charge is 2.16. The second kappa shape index (κ2) is 9.39. The number of hydrogen-bond acceptors (Lipinski definition) is 3. The van der Waals surface area contributed by atoms with Gasteiger partial charge in [0, 0.05) is 23.6 Å². The number of rotatable bonds is 8. The van der Waals surface area contributed by atoms with Gasteiger partial charge in [-0.1, -0.05) is 43.6 Å². The van der Waals surface area contributed by atoms with E-state index in [9.17, 15) is 9.59 Å². The number of Topliss-reactive ketones (excluding diaryl/α,β-unsaturated/α-hetero) is 1. The van der Waals surface area contributed by atoms with Crippen LogP contribution in [0, 0.1) is 0 Å². The standard InChI is InChI=1S/C21H24ClNO3/c1-4-14-7-6-8-15(5-2)21(14)23-20(25)12-10-18(24)17-13-16(22)9-11-19(17)26-3/h6-9,11,13H,4-5,10,12H2,1-3H3,(H,23,25). The quantitative estimate of drug-likeness (QED) is 0.657. The molecule has 0 unspecified atom stereocenters. The summed E-state index contributed by atoms with van der Waals surface area (Å²) in [5, 5.41) is 3.44. The number of aryl methyl sites for hydroxylation is 2. The Bertz CT molecular complexity index is 780. The number of nitrogens with one attached hydrogen (secondary N) is 1. The summed E-state index contributed by atoms with van der Waals surface area (Å²) >= 11 is 5.97. The predicted molar refractivity (Wildman–Crippen MR) is 105 cm³/mol. The van der Waals surface area contributed by atoms with Crippen LogP contribution in [0.15, 0.2) is 36.4 Å². The molecule has 1 N–H and O–H groups in total. The van der Waals surface area contributed by atoms with Gasteiger partial charge in [-0.25, -0.2) is 0 Å². The number of para-hydroxylation sites is 1. The zero-order valence-electron chi connectivity index (χ0n) is 15.4. The van der Waals surface area contributed by atoms with E-state index in [2.05, 4.69) is 19.2 Å². The monoisotopic (exact) mass is 373 g/mol. The van der Waals surface area contributed by atoms with E-state index in [4.69, 9.17) is 16.3 Å². The Morgan fingerprint density at radius 2 is 1.69 bits per heavy atom. The SMILES string of the molecule is CCc1cccc(CC)c1NC(=O)CCC(=O)c1cc(Cl)ccc1OC. The highest BCUT2D eigenvalue weighted by molar-refractivity contribution is 6.31. The van der Waals surface area contributed by atoms with E-state index in [-0.39, 0.29) is 24.5 Å². The third-order valence-electron chi connectivity index (χ3n) is 4.30. The summed E-state index contributed by atoms with van der Waals surface area (Å²) < 4.78 is 5.20. The molecule has 0 atom stereocenters. The number of anilines is 1. The topological polar surface area (TPSA) is 55.4 Å². The van der Waals surface area contributed by atoms with Crippen molar-refractivity contribution in [3.05, 3.63) is 58.1 Å². The Kier molecular flexibility index (Phi) is 7.22. The third-order valence-corrected chi connectivity index (χ3v) is 4.54. The van der Waals surface area contributed by atoms with Crippen molar-refractivity contribution >= 4 is 29.0 Å². The Labute approximate surface area is 159 Å². The van der Waals surface area contributed by atoms with Crippen LogP contribution in [-0.4, -0.2) is 18.8 Å². The van der Waals surface area contributed by atoms with Crippen molar-refractivity contribution in [1.82, 2.24) is 0 Å². The average Bonchev–Trinajstić information content (AvgIpc) is 2.66. The molecule has 26 heavy (non-hydrogen) atoms. The molecule has 2 aromatic carbocycles. The van der Waals surface area contributed by atoms with Crippen LogP contribution in [-0.2, 0) is 17.6 Å². The first-order chi connectivity index (χ1) is 12.5. The number of ether oxygens (including phenoxy) is 1. The molecule has 0 aromatic heterocycles. The number of hydrogen-bond donors (Lipinski definition) is 1. The summed E-state index contributed by atoms with van der Waals surface area (Å²) in [5.41, 5.74) is 3.47. The van der Waals surface area contributed by atoms with Gasteiger partial charge < -0.3 is 10.1 Å². The molecule has 138 valence electrons. The maximum absolute atomic E-state index is 12.5. The van der Waals surface area contributed by atoms with Gasteiger partial charge in [0.25, 0.3) is 0 Å². The minimum Gasteiger partial charge on any atom is -0.496 e. The van der Waals surface area contributed by atoms with Gasteiger partial charge in [0.15, 0.2) is 5.78 Å². The van der Waals surface area contributed by atoms with E-state index in [1.165, 1.54) is 7.11 Å². The fourth-order valence-corrected chi connectivity index (χ4v) is 3.04. The summed E-state index contributed by atoms with van der Waals surface area (Å²) in [4.78, 5) is 24.8. The van der Waals surface area contributed by atoms with E-state index >= 15 is 0 Å². The Balaban J connectivity index is 2.06. The number of ketones is 1. The van der Waals surface area contributed by atoms with Crippen LogP contribution in [0.1, 0.15) is 48.2 Å². The van der Waals surface area contributed by atoms with Gasteiger partial charge in [-0.05, 0) is 42.2 Å². The Morgan fingerprint density at radius 3 is 2.27 bits per heavy atom. The Morgan fingerprint density at radius 1 is 1.04 bits per heavy atom. The van der Waals surface area contributed by atoms with E-state index in [1.54, 1.807) is 18.2 Å². The van der Waals surface area contributed by atoms with Crippen LogP contribution >= 0.6 is 11.6 Å². The zero-order valence-corrected chi connectivity index (χ0v) is 16.2. The molecule has 0 fully saturated rings. The van der Waals surface area contributed by atoms with Crippen molar-refractivity contribution < 1.29 is 14.3 Å². The first kappa shape index (κ1) is 20.0. The Hall–Kier alpha value is -2.33. The highest BCUT2D eigenvalue weighted by Crippen LogP contribution is 2.25. The van der Waals surface area contributed by atoms with Gasteiger partial charge in [0.1, 0.15) is 5.75 Å². The minimum absolute atomic E-state index is 0.0955. The maximum Gasteiger partial charge on any atom is 0.224 e. The molecular weight excluding hydrogens is 350 g/mol. The molecule has 0 saturated heterocycles. The molecule has 0 radical (unpaired) electrons. The smallest absolute Gasteiger partial charge is 0.224 e. The van der Waals surface area contributed by atoms with Crippen LogP contribution in [0.3, 0.4) is 0 Å². The lowest BCUT2D eigenvalue weighted by molar-refractivity contribution is -0.116. The lowest BCUT2D eigenvalue weighted by atomic mass is 10.0. The lowest BCUT2D eigenvalue weighted by Crippen LogP contribution is -2.16. The van der Waals surface area contributed by atoms with Gasteiger partial charge >= 0.3 is 0 Å². The minimum atomic E-state index is -0.171. The third kappa shape index (κ3) is 4.85. The highest BCUT2D eigenvalue weighted by atomic mass is 35.5.